The number of rotatable bonds is 4. The molecule has 0 aromatic heterocycles. The summed E-state index contributed by atoms with van der Waals surface area (Å²) in [5.41, 5.74) is 2.94. The molecule has 1 unspecified atom stereocenters. The molecule has 0 fully saturated rings. The monoisotopic (exact) mass is 365 g/mol. The van der Waals surface area contributed by atoms with Gasteiger partial charge in [-0.05, 0) is 54.3 Å². The van der Waals surface area contributed by atoms with Crippen LogP contribution in [-0.4, -0.2) is 26.4 Å². The van der Waals surface area contributed by atoms with Gasteiger partial charge in [0.1, 0.15) is 5.75 Å². The van der Waals surface area contributed by atoms with Crippen molar-refractivity contribution < 1.29 is 13.2 Å². The summed E-state index contributed by atoms with van der Waals surface area (Å²) in [4.78, 5) is 0. The molecule has 1 heterocycles. The van der Waals surface area contributed by atoms with Crippen LogP contribution in [0.15, 0.2) is 42.5 Å². The molecular formula is C18H20ClNO3S. The maximum absolute atomic E-state index is 12.9. The van der Waals surface area contributed by atoms with Crippen molar-refractivity contribution in [2.75, 3.05) is 13.7 Å². The van der Waals surface area contributed by atoms with Crippen LogP contribution in [0.1, 0.15) is 29.7 Å². The SMILES string of the molecule is COc1ccc2c(c1)CCN(S(=O)(=O)Cc1ccc(Cl)cc1)C2C. The fourth-order valence-corrected chi connectivity index (χ4v) is 5.04. The second-order valence-corrected chi connectivity index (χ2v) is 8.34. The fraction of sp³-hybridized carbons (Fsp3) is 0.333. The minimum absolute atomic E-state index is 0.0139. The number of nitrogens with zero attached hydrogens (tertiary/aromatic N) is 1. The van der Waals surface area contributed by atoms with E-state index in [2.05, 4.69) is 0 Å². The van der Waals surface area contributed by atoms with Crippen LogP contribution in [-0.2, 0) is 22.2 Å². The molecule has 2 aromatic carbocycles. The van der Waals surface area contributed by atoms with E-state index in [0.29, 0.717) is 18.0 Å². The number of hydrogen-bond donors (Lipinski definition) is 0. The minimum atomic E-state index is -3.40. The van der Waals surface area contributed by atoms with Gasteiger partial charge in [0.15, 0.2) is 0 Å². The molecule has 0 spiro atoms. The molecule has 1 aliphatic heterocycles. The molecule has 24 heavy (non-hydrogen) atoms. The molecule has 2 aromatic rings. The summed E-state index contributed by atoms with van der Waals surface area (Å²) in [6.07, 6.45) is 0.691. The van der Waals surface area contributed by atoms with E-state index in [9.17, 15) is 8.42 Å². The Balaban J connectivity index is 1.85. The molecule has 0 amide bonds. The lowest BCUT2D eigenvalue weighted by atomic mass is 9.95. The van der Waals surface area contributed by atoms with E-state index in [1.54, 1.807) is 35.7 Å². The zero-order valence-electron chi connectivity index (χ0n) is 13.7. The molecular weight excluding hydrogens is 346 g/mol. The molecule has 128 valence electrons. The van der Waals surface area contributed by atoms with Crippen LogP contribution < -0.4 is 4.74 Å². The van der Waals surface area contributed by atoms with E-state index in [1.165, 1.54) is 0 Å². The maximum Gasteiger partial charge on any atom is 0.218 e. The van der Waals surface area contributed by atoms with Crippen molar-refractivity contribution >= 4 is 21.6 Å². The first-order valence-electron chi connectivity index (χ1n) is 7.81. The minimum Gasteiger partial charge on any atom is -0.497 e. The second kappa shape index (κ2) is 6.75. The highest BCUT2D eigenvalue weighted by Gasteiger charge is 2.32. The molecule has 4 nitrogen and oxygen atoms in total. The van der Waals surface area contributed by atoms with Crippen LogP contribution in [0.4, 0.5) is 0 Å². The van der Waals surface area contributed by atoms with Gasteiger partial charge in [-0.2, -0.15) is 4.31 Å². The van der Waals surface area contributed by atoms with Crippen LogP contribution in [0.25, 0.3) is 0 Å². The zero-order valence-corrected chi connectivity index (χ0v) is 15.3. The number of hydrogen-bond acceptors (Lipinski definition) is 3. The zero-order chi connectivity index (χ0) is 17.3. The fourth-order valence-electron chi connectivity index (χ4n) is 3.17. The molecule has 3 rings (SSSR count). The summed E-state index contributed by atoms with van der Waals surface area (Å²) in [5, 5.41) is 0.602. The van der Waals surface area contributed by atoms with E-state index in [1.807, 2.05) is 25.1 Å². The van der Waals surface area contributed by atoms with Crippen molar-refractivity contribution in [1.29, 1.82) is 0 Å². The standard InChI is InChI=1S/C18H20ClNO3S/c1-13-18-8-7-17(23-2)11-15(18)9-10-20(13)24(21,22)12-14-3-5-16(19)6-4-14/h3-8,11,13H,9-10,12H2,1-2H3. The predicted molar refractivity (Wildman–Crippen MR) is 95.9 cm³/mol. The Labute approximate surface area is 148 Å². The van der Waals surface area contributed by atoms with Gasteiger partial charge in [0, 0.05) is 17.6 Å². The third kappa shape index (κ3) is 3.43. The molecule has 1 aliphatic rings. The summed E-state index contributed by atoms with van der Waals surface area (Å²) in [6, 6.07) is 12.6. The Morgan fingerprint density at radius 3 is 2.58 bits per heavy atom. The van der Waals surface area contributed by atoms with Crippen LogP contribution in [0.5, 0.6) is 5.75 Å². The van der Waals surface area contributed by atoms with Crippen molar-refractivity contribution in [3.63, 3.8) is 0 Å². The molecule has 0 saturated heterocycles. The Bertz CT molecular complexity index is 834. The number of halogens is 1. The van der Waals surface area contributed by atoms with E-state index >= 15 is 0 Å². The van der Waals surface area contributed by atoms with Crippen molar-refractivity contribution in [2.24, 2.45) is 0 Å². The maximum atomic E-state index is 12.9. The smallest absolute Gasteiger partial charge is 0.218 e. The average molecular weight is 366 g/mol. The first-order valence-corrected chi connectivity index (χ1v) is 9.80. The first kappa shape index (κ1) is 17.3. The Hall–Kier alpha value is -1.56. The van der Waals surface area contributed by atoms with Gasteiger partial charge < -0.3 is 4.74 Å². The number of sulfonamides is 1. The van der Waals surface area contributed by atoms with E-state index < -0.39 is 10.0 Å². The Kier molecular flexibility index (Phi) is 4.85. The van der Waals surface area contributed by atoms with Crippen LogP contribution in [0, 0.1) is 0 Å². The Morgan fingerprint density at radius 1 is 1.21 bits per heavy atom. The lowest BCUT2D eigenvalue weighted by molar-refractivity contribution is 0.325. The molecule has 0 N–H and O–H groups in total. The van der Waals surface area contributed by atoms with Gasteiger partial charge in [0.25, 0.3) is 0 Å². The van der Waals surface area contributed by atoms with Crippen LogP contribution in [0.3, 0.4) is 0 Å². The molecule has 0 aliphatic carbocycles. The van der Waals surface area contributed by atoms with Crippen molar-refractivity contribution in [3.8, 4) is 5.75 Å². The highest BCUT2D eigenvalue weighted by Crippen LogP contribution is 2.34. The van der Waals surface area contributed by atoms with Gasteiger partial charge in [-0.3, -0.25) is 0 Å². The largest absolute Gasteiger partial charge is 0.497 e. The number of benzene rings is 2. The lowest BCUT2D eigenvalue weighted by Gasteiger charge is -2.34. The molecule has 0 saturated carbocycles. The number of ether oxygens (including phenoxy) is 1. The van der Waals surface area contributed by atoms with E-state index in [-0.39, 0.29) is 11.8 Å². The van der Waals surface area contributed by atoms with Crippen LogP contribution >= 0.6 is 11.6 Å². The molecule has 6 heteroatoms. The summed E-state index contributed by atoms with van der Waals surface area (Å²) in [5.74, 6) is 0.790. The topological polar surface area (TPSA) is 46.6 Å². The Morgan fingerprint density at radius 2 is 1.92 bits per heavy atom. The highest BCUT2D eigenvalue weighted by molar-refractivity contribution is 7.88. The van der Waals surface area contributed by atoms with Crippen molar-refractivity contribution in [3.05, 3.63) is 64.2 Å². The lowest BCUT2D eigenvalue weighted by Crippen LogP contribution is -2.39. The molecule has 0 bridgehead atoms. The van der Waals surface area contributed by atoms with Gasteiger partial charge in [-0.1, -0.05) is 29.8 Å². The summed E-state index contributed by atoms with van der Waals surface area (Å²) < 4.78 is 32.6. The summed E-state index contributed by atoms with van der Waals surface area (Å²) in [7, 11) is -1.76. The highest BCUT2D eigenvalue weighted by atomic mass is 35.5. The van der Waals surface area contributed by atoms with Gasteiger partial charge in [-0.25, -0.2) is 8.42 Å². The van der Waals surface area contributed by atoms with E-state index in [0.717, 1.165) is 22.4 Å². The summed E-state index contributed by atoms with van der Waals surface area (Å²) >= 11 is 5.87. The quantitative estimate of drug-likeness (QED) is 0.828. The van der Waals surface area contributed by atoms with Crippen molar-refractivity contribution in [2.45, 2.75) is 25.1 Å². The molecule has 0 radical (unpaired) electrons. The second-order valence-electron chi connectivity index (χ2n) is 5.98. The molecule has 1 atom stereocenters. The number of fused-ring (bicyclic) bond motifs is 1. The third-order valence-corrected chi connectivity index (χ3v) is 6.62. The number of methoxy groups -OCH3 is 1. The summed E-state index contributed by atoms with van der Waals surface area (Å²) in [6.45, 7) is 2.42. The van der Waals surface area contributed by atoms with Gasteiger partial charge in [0.2, 0.25) is 10.0 Å². The van der Waals surface area contributed by atoms with Gasteiger partial charge in [-0.15, -0.1) is 0 Å². The van der Waals surface area contributed by atoms with Crippen LogP contribution in [0.2, 0.25) is 5.02 Å². The van der Waals surface area contributed by atoms with Gasteiger partial charge >= 0.3 is 0 Å². The van der Waals surface area contributed by atoms with Gasteiger partial charge in [0.05, 0.1) is 12.9 Å². The van der Waals surface area contributed by atoms with Crippen molar-refractivity contribution in [1.82, 2.24) is 4.31 Å². The predicted octanol–water partition coefficient (Wildman–Crippen LogP) is 3.80. The van der Waals surface area contributed by atoms with E-state index in [4.69, 9.17) is 16.3 Å². The first-order chi connectivity index (χ1) is 11.4. The normalized spacial score (nSPS) is 18.2. The third-order valence-electron chi connectivity index (χ3n) is 4.45. The average Bonchev–Trinajstić information content (AvgIpc) is 2.56.